The Bertz CT molecular complexity index is 1500. The van der Waals surface area contributed by atoms with E-state index >= 15 is 0 Å². The van der Waals surface area contributed by atoms with Gasteiger partial charge in [-0.25, -0.2) is 14.8 Å². The van der Waals surface area contributed by atoms with Gasteiger partial charge in [-0.1, -0.05) is 41.9 Å². The van der Waals surface area contributed by atoms with Gasteiger partial charge in [0.25, 0.3) is 0 Å². The van der Waals surface area contributed by atoms with Crippen LogP contribution in [0.25, 0.3) is 22.1 Å². The summed E-state index contributed by atoms with van der Waals surface area (Å²) >= 11 is 6.04. The molecule has 32 heavy (non-hydrogen) atoms. The minimum atomic E-state index is -0.739. The maximum Gasteiger partial charge on any atom is 0.413 e. The second kappa shape index (κ2) is 8.16. The molecule has 0 fully saturated rings. The summed E-state index contributed by atoms with van der Waals surface area (Å²) in [6, 6.07) is 15.1. The number of carbonyl (C=O) groups is 1. The summed E-state index contributed by atoms with van der Waals surface area (Å²) in [6.45, 7) is 0. The molecule has 0 radical (unpaired) electrons. The van der Waals surface area contributed by atoms with Gasteiger partial charge in [0.15, 0.2) is 16.8 Å². The van der Waals surface area contributed by atoms with Gasteiger partial charge in [0, 0.05) is 28.2 Å². The van der Waals surface area contributed by atoms with Crippen LogP contribution >= 0.6 is 11.6 Å². The molecule has 1 atom stereocenters. The average molecular weight is 446 g/mol. The van der Waals surface area contributed by atoms with E-state index in [1.165, 1.54) is 12.5 Å². The maximum atomic E-state index is 13.2. The van der Waals surface area contributed by atoms with Gasteiger partial charge in [-0.3, -0.25) is 4.79 Å². The fourth-order valence-corrected chi connectivity index (χ4v) is 3.70. The highest BCUT2D eigenvalue weighted by Gasteiger charge is 2.22. The standard InChI is InChI=1S/C23H16ClN5O3/c24-14-6-7-16-18(8-14)25-11-17(21(16)30)20(13-4-2-1-3-5-13)29-23(31)32-15-9-19-22(26-10-15)28-12-27-19/h1-12,20H,(H,25,30)(H,29,31)(H,26,27,28). The minimum Gasteiger partial charge on any atom is -0.409 e. The van der Waals surface area contributed by atoms with Gasteiger partial charge >= 0.3 is 6.09 Å². The highest BCUT2D eigenvalue weighted by Crippen LogP contribution is 2.23. The van der Waals surface area contributed by atoms with E-state index in [9.17, 15) is 9.59 Å². The SMILES string of the molecule is O=C(NC(c1ccccc1)c1c[nH]c2cc(Cl)ccc2c1=O)Oc1cnc2nc[nH]c2c1. The largest absolute Gasteiger partial charge is 0.413 e. The molecule has 8 nitrogen and oxygen atoms in total. The van der Waals surface area contributed by atoms with E-state index in [1.54, 1.807) is 30.5 Å². The van der Waals surface area contributed by atoms with E-state index in [2.05, 4.69) is 25.3 Å². The Balaban J connectivity index is 1.49. The van der Waals surface area contributed by atoms with Crippen LogP contribution in [-0.2, 0) is 0 Å². The molecule has 158 valence electrons. The molecule has 0 aliphatic heterocycles. The zero-order valence-electron chi connectivity index (χ0n) is 16.5. The molecule has 1 amide bonds. The molecule has 0 bridgehead atoms. The van der Waals surface area contributed by atoms with Crippen molar-refractivity contribution < 1.29 is 9.53 Å². The van der Waals surface area contributed by atoms with Gasteiger partial charge in [-0.15, -0.1) is 0 Å². The van der Waals surface area contributed by atoms with Crippen LogP contribution in [-0.4, -0.2) is 26.0 Å². The molecule has 3 heterocycles. The van der Waals surface area contributed by atoms with E-state index in [4.69, 9.17) is 16.3 Å². The van der Waals surface area contributed by atoms with E-state index in [0.717, 1.165) is 5.56 Å². The van der Waals surface area contributed by atoms with Gasteiger partial charge in [-0.05, 0) is 23.8 Å². The number of imidazole rings is 1. The Hall–Kier alpha value is -4.17. The first-order chi connectivity index (χ1) is 15.6. The first-order valence-electron chi connectivity index (χ1n) is 9.72. The second-order valence-corrected chi connectivity index (χ2v) is 7.52. The molecule has 3 aromatic heterocycles. The van der Waals surface area contributed by atoms with Gasteiger partial charge in [0.2, 0.25) is 0 Å². The van der Waals surface area contributed by atoms with E-state index in [1.807, 2.05) is 30.3 Å². The molecule has 1 unspecified atom stereocenters. The van der Waals surface area contributed by atoms with Crippen LogP contribution in [0.4, 0.5) is 4.79 Å². The van der Waals surface area contributed by atoms with Gasteiger partial charge in [0.1, 0.15) is 0 Å². The van der Waals surface area contributed by atoms with Crippen molar-refractivity contribution in [3.8, 4) is 5.75 Å². The molecule has 0 saturated heterocycles. The number of halogens is 1. The van der Waals surface area contributed by atoms with Gasteiger partial charge in [-0.2, -0.15) is 0 Å². The summed E-state index contributed by atoms with van der Waals surface area (Å²) < 4.78 is 5.42. The summed E-state index contributed by atoms with van der Waals surface area (Å²) in [7, 11) is 0. The number of aromatic nitrogens is 4. The molecule has 2 aromatic carbocycles. The van der Waals surface area contributed by atoms with Crippen molar-refractivity contribution in [2.24, 2.45) is 0 Å². The number of hydrogen-bond acceptors (Lipinski definition) is 5. The number of aromatic amines is 2. The zero-order chi connectivity index (χ0) is 22.1. The van der Waals surface area contributed by atoms with Crippen LogP contribution in [0.15, 0.2) is 78.1 Å². The normalized spacial score (nSPS) is 12.0. The van der Waals surface area contributed by atoms with E-state index in [0.29, 0.717) is 32.7 Å². The minimum absolute atomic E-state index is 0.217. The van der Waals surface area contributed by atoms with Crippen molar-refractivity contribution in [1.29, 1.82) is 0 Å². The summed E-state index contributed by atoms with van der Waals surface area (Å²) in [6.07, 6.45) is 3.77. The Morgan fingerprint density at radius 2 is 1.88 bits per heavy atom. The lowest BCUT2D eigenvalue weighted by Gasteiger charge is -2.19. The van der Waals surface area contributed by atoms with E-state index < -0.39 is 12.1 Å². The lowest BCUT2D eigenvalue weighted by molar-refractivity contribution is 0.197. The lowest BCUT2D eigenvalue weighted by Crippen LogP contribution is -2.34. The number of hydrogen-bond donors (Lipinski definition) is 3. The Labute approximate surface area is 186 Å². The number of H-pyrrole nitrogens is 2. The Morgan fingerprint density at radius 3 is 2.72 bits per heavy atom. The Kier molecular flexibility index (Phi) is 5.04. The number of carbonyl (C=O) groups excluding carboxylic acids is 1. The number of pyridine rings is 2. The van der Waals surface area contributed by atoms with Crippen molar-refractivity contribution in [1.82, 2.24) is 25.3 Å². The van der Waals surface area contributed by atoms with Crippen molar-refractivity contribution >= 4 is 39.8 Å². The highest BCUT2D eigenvalue weighted by atomic mass is 35.5. The fourth-order valence-electron chi connectivity index (χ4n) is 3.53. The first-order valence-corrected chi connectivity index (χ1v) is 10.1. The van der Waals surface area contributed by atoms with Crippen molar-refractivity contribution in [3.05, 3.63) is 99.7 Å². The first kappa shape index (κ1) is 19.8. The van der Waals surface area contributed by atoms with Gasteiger partial charge < -0.3 is 20.0 Å². The number of ether oxygens (including phenoxy) is 1. The van der Waals surface area contributed by atoms with Crippen molar-refractivity contribution in [2.45, 2.75) is 6.04 Å². The molecule has 5 aromatic rings. The van der Waals surface area contributed by atoms with Crippen LogP contribution < -0.4 is 15.5 Å². The highest BCUT2D eigenvalue weighted by molar-refractivity contribution is 6.31. The van der Waals surface area contributed by atoms with Gasteiger partial charge in [0.05, 0.1) is 29.6 Å². The van der Waals surface area contributed by atoms with Crippen LogP contribution in [0.1, 0.15) is 17.2 Å². The molecular formula is C23H16ClN5O3. The predicted molar refractivity (Wildman–Crippen MR) is 121 cm³/mol. The number of benzene rings is 2. The van der Waals surface area contributed by atoms with Crippen molar-refractivity contribution in [3.63, 3.8) is 0 Å². The second-order valence-electron chi connectivity index (χ2n) is 7.09. The summed E-state index contributed by atoms with van der Waals surface area (Å²) in [5, 5.41) is 3.78. The molecule has 3 N–H and O–H groups in total. The quantitative estimate of drug-likeness (QED) is 0.381. The molecule has 5 rings (SSSR count). The average Bonchev–Trinajstić information content (AvgIpc) is 3.26. The molecule has 0 spiro atoms. The number of amides is 1. The van der Waals surface area contributed by atoms with Crippen LogP contribution in [0, 0.1) is 0 Å². The molecule has 0 aliphatic rings. The number of nitrogens with zero attached hydrogens (tertiary/aromatic N) is 2. The molecular weight excluding hydrogens is 430 g/mol. The predicted octanol–water partition coefficient (Wildman–Crippen LogP) is 4.33. The smallest absolute Gasteiger partial charge is 0.409 e. The third-order valence-corrected chi connectivity index (χ3v) is 5.27. The molecule has 0 saturated carbocycles. The summed E-state index contributed by atoms with van der Waals surface area (Å²) in [5.74, 6) is 0.244. The van der Waals surface area contributed by atoms with E-state index in [-0.39, 0.29) is 11.2 Å². The number of fused-ring (bicyclic) bond motifs is 2. The van der Waals surface area contributed by atoms with Crippen LogP contribution in [0.5, 0.6) is 5.75 Å². The van der Waals surface area contributed by atoms with Crippen molar-refractivity contribution in [2.75, 3.05) is 0 Å². The summed E-state index contributed by atoms with van der Waals surface area (Å²) in [4.78, 5) is 40.2. The number of rotatable bonds is 4. The van der Waals surface area contributed by atoms with Crippen LogP contribution in [0.2, 0.25) is 5.02 Å². The van der Waals surface area contributed by atoms with Crippen LogP contribution in [0.3, 0.4) is 0 Å². The topological polar surface area (TPSA) is 113 Å². The Morgan fingerprint density at radius 1 is 1.03 bits per heavy atom. The lowest BCUT2D eigenvalue weighted by atomic mass is 9.98. The number of nitrogens with one attached hydrogen (secondary N) is 3. The monoisotopic (exact) mass is 445 g/mol. The maximum absolute atomic E-state index is 13.2. The zero-order valence-corrected chi connectivity index (χ0v) is 17.3. The third kappa shape index (κ3) is 3.79. The fraction of sp³-hybridized carbons (Fsp3) is 0.0435. The molecule has 0 aliphatic carbocycles. The molecule has 9 heteroatoms. The summed E-state index contributed by atoms with van der Waals surface area (Å²) in [5.41, 5.74) is 2.64. The third-order valence-electron chi connectivity index (χ3n) is 5.04.